The van der Waals surface area contributed by atoms with Crippen molar-refractivity contribution >= 4 is 18.0 Å². The fraction of sp³-hybridized carbons (Fsp3) is 0.444. The van der Waals surface area contributed by atoms with E-state index in [0.29, 0.717) is 19.3 Å². The van der Waals surface area contributed by atoms with Crippen molar-refractivity contribution in [2.24, 2.45) is 5.92 Å². The van der Waals surface area contributed by atoms with Crippen LogP contribution in [0.1, 0.15) is 63.0 Å². The molecule has 180 valence electrons. The number of carbonyl (C=O) groups is 3. The van der Waals surface area contributed by atoms with Crippen LogP contribution in [0.5, 0.6) is 0 Å². The number of alkyl carbamates (subject to hydrolysis) is 1. The van der Waals surface area contributed by atoms with E-state index in [0.717, 1.165) is 17.5 Å². The summed E-state index contributed by atoms with van der Waals surface area (Å²) in [6.45, 7) is 3.92. The Morgan fingerprint density at radius 1 is 1.00 bits per heavy atom. The molecule has 7 heteroatoms. The molecule has 0 aromatic heterocycles. The summed E-state index contributed by atoms with van der Waals surface area (Å²) in [6, 6.07) is 16.0. The SMILES string of the molecule is CC(C)(CCC(=O)NC1CCCC1C(=O)O)NC(=O)OCC1c2ccccc2-c2ccccc21. The zero-order chi connectivity index (χ0) is 24.3. The second-order valence-electron chi connectivity index (χ2n) is 9.88. The smallest absolute Gasteiger partial charge is 0.407 e. The molecule has 2 amide bonds. The Morgan fingerprint density at radius 3 is 2.24 bits per heavy atom. The molecule has 2 aromatic carbocycles. The lowest BCUT2D eigenvalue weighted by molar-refractivity contribution is -0.142. The molecular weight excluding hydrogens is 432 g/mol. The Kier molecular flexibility index (Phi) is 6.91. The average Bonchev–Trinajstić information content (AvgIpc) is 3.39. The van der Waals surface area contributed by atoms with Gasteiger partial charge in [0.25, 0.3) is 0 Å². The second-order valence-corrected chi connectivity index (χ2v) is 9.88. The van der Waals surface area contributed by atoms with Crippen LogP contribution in [0.3, 0.4) is 0 Å². The highest BCUT2D eigenvalue weighted by atomic mass is 16.5. The van der Waals surface area contributed by atoms with Crippen molar-refractivity contribution in [1.29, 1.82) is 0 Å². The summed E-state index contributed by atoms with van der Waals surface area (Å²) in [5.41, 5.74) is 4.00. The predicted molar refractivity (Wildman–Crippen MR) is 128 cm³/mol. The summed E-state index contributed by atoms with van der Waals surface area (Å²) in [7, 11) is 0. The van der Waals surface area contributed by atoms with Gasteiger partial charge in [-0.1, -0.05) is 55.0 Å². The zero-order valence-electron chi connectivity index (χ0n) is 19.7. The third-order valence-corrected chi connectivity index (χ3v) is 6.94. The van der Waals surface area contributed by atoms with Crippen molar-refractivity contribution in [1.82, 2.24) is 10.6 Å². The maximum Gasteiger partial charge on any atom is 0.407 e. The minimum Gasteiger partial charge on any atom is -0.481 e. The van der Waals surface area contributed by atoms with E-state index < -0.39 is 23.5 Å². The van der Waals surface area contributed by atoms with Gasteiger partial charge in [-0.05, 0) is 55.4 Å². The number of nitrogens with one attached hydrogen (secondary N) is 2. The fourth-order valence-corrected chi connectivity index (χ4v) is 5.11. The van der Waals surface area contributed by atoms with Gasteiger partial charge in [0.1, 0.15) is 6.61 Å². The lowest BCUT2D eigenvalue weighted by atomic mass is 9.97. The number of fused-ring (bicyclic) bond motifs is 3. The van der Waals surface area contributed by atoms with E-state index in [2.05, 4.69) is 34.9 Å². The summed E-state index contributed by atoms with van der Waals surface area (Å²) in [4.78, 5) is 36.3. The molecule has 2 aliphatic carbocycles. The van der Waals surface area contributed by atoms with E-state index in [-0.39, 0.29) is 30.9 Å². The molecule has 3 N–H and O–H groups in total. The average molecular weight is 465 g/mol. The number of carboxylic acids is 1. The van der Waals surface area contributed by atoms with E-state index in [1.807, 2.05) is 38.1 Å². The van der Waals surface area contributed by atoms with Crippen molar-refractivity contribution in [3.63, 3.8) is 0 Å². The second kappa shape index (κ2) is 9.87. The molecule has 0 bridgehead atoms. The molecule has 0 heterocycles. The summed E-state index contributed by atoms with van der Waals surface area (Å²) >= 11 is 0. The van der Waals surface area contributed by atoms with Gasteiger partial charge < -0.3 is 20.5 Å². The maximum absolute atomic E-state index is 12.6. The molecule has 1 fully saturated rings. The third kappa shape index (κ3) is 5.24. The Bertz CT molecular complexity index is 1030. The van der Waals surface area contributed by atoms with Crippen molar-refractivity contribution in [3.8, 4) is 11.1 Å². The molecule has 7 nitrogen and oxygen atoms in total. The van der Waals surface area contributed by atoms with Crippen LogP contribution in [0.2, 0.25) is 0 Å². The first kappa shape index (κ1) is 23.8. The zero-order valence-corrected chi connectivity index (χ0v) is 19.7. The molecule has 34 heavy (non-hydrogen) atoms. The number of benzene rings is 2. The van der Waals surface area contributed by atoms with Crippen LogP contribution in [0.25, 0.3) is 11.1 Å². The number of rotatable bonds is 8. The van der Waals surface area contributed by atoms with Gasteiger partial charge >= 0.3 is 12.1 Å². The number of carboxylic acid groups (broad SMARTS) is 1. The molecular formula is C27H32N2O5. The van der Waals surface area contributed by atoms with Crippen LogP contribution < -0.4 is 10.6 Å². The summed E-state index contributed by atoms with van der Waals surface area (Å²) in [5.74, 6) is -1.59. The van der Waals surface area contributed by atoms with Gasteiger partial charge in [-0.25, -0.2) is 4.79 Å². The normalized spacial score (nSPS) is 19.2. The molecule has 2 aliphatic rings. The van der Waals surface area contributed by atoms with Gasteiger partial charge in [-0.3, -0.25) is 9.59 Å². The Hall–Kier alpha value is -3.35. The monoisotopic (exact) mass is 464 g/mol. The lowest BCUT2D eigenvalue weighted by Gasteiger charge is -2.26. The lowest BCUT2D eigenvalue weighted by Crippen LogP contribution is -2.45. The number of hydrogen-bond acceptors (Lipinski definition) is 4. The first-order valence-electron chi connectivity index (χ1n) is 11.9. The Labute approximate surface area is 199 Å². The van der Waals surface area contributed by atoms with Gasteiger partial charge in [-0.15, -0.1) is 0 Å². The molecule has 2 aromatic rings. The van der Waals surface area contributed by atoms with E-state index in [1.54, 1.807) is 0 Å². The summed E-state index contributed by atoms with van der Waals surface area (Å²) in [6.07, 6.45) is 2.16. The highest BCUT2D eigenvalue weighted by molar-refractivity contribution is 5.80. The highest BCUT2D eigenvalue weighted by Crippen LogP contribution is 2.44. The van der Waals surface area contributed by atoms with E-state index >= 15 is 0 Å². The molecule has 2 unspecified atom stereocenters. The van der Waals surface area contributed by atoms with Gasteiger partial charge in [-0.2, -0.15) is 0 Å². The first-order valence-corrected chi connectivity index (χ1v) is 11.9. The maximum atomic E-state index is 12.6. The highest BCUT2D eigenvalue weighted by Gasteiger charge is 2.34. The third-order valence-electron chi connectivity index (χ3n) is 6.94. The van der Waals surface area contributed by atoms with Crippen molar-refractivity contribution in [2.75, 3.05) is 6.61 Å². The van der Waals surface area contributed by atoms with Crippen LogP contribution in [0.4, 0.5) is 4.79 Å². The van der Waals surface area contributed by atoms with E-state index in [4.69, 9.17) is 4.74 Å². The van der Waals surface area contributed by atoms with Gasteiger partial charge in [0.2, 0.25) is 5.91 Å². The minimum absolute atomic E-state index is 0.0133. The van der Waals surface area contributed by atoms with E-state index in [1.165, 1.54) is 11.1 Å². The Balaban J connectivity index is 1.27. The summed E-state index contributed by atoms with van der Waals surface area (Å²) < 4.78 is 5.61. The van der Waals surface area contributed by atoms with Crippen molar-refractivity contribution in [3.05, 3.63) is 59.7 Å². The fourth-order valence-electron chi connectivity index (χ4n) is 5.11. The molecule has 0 radical (unpaired) electrons. The van der Waals surface area contributed by atoms with Gasteiger partial charge in [0, 0.05) is 23.9 Å². The van der Waals surface area contributed by atoms with E-state index in [9.17, 15) is 19.5 Å². The molecule has 1 saturated carbocycles. The topological polar surface area (TPSA) is 105 Å². The van der Waals surface area contributed by atoms with Crippen molar-refractivity contribution in [2.45, 2.75) is 63.5 Å². The van der Waals surface area contributed by atoms with Crippen LogP contribution in [-0.2, 0) is 14.3 Å². The Morgan fingerprint density at radius 2 is 1.62 bits per heavy atom. The van der Waals surface area contributed by atoms with Gasteiger partial charge in [0.05, 0.1) is 5.92 Å². The standard InChI is InChI=1S/C27H32N2O5/c1-27(2,15-14-24(30)28-23-13-7-12-21(23)25(31)32)29-26(33)34-16-22-19-10-5-3-8-17(19)18-9-4-6-11-20(18)22/h3-6,8-11,21-23H,7,12-16H2,1-2H3,(H,28,30)(H,29,33)(H,31,32). The van der Waals surface area contributed by atoms with Crippen LogP contribution in [0, 0.1) is 5.92 Å². The molecule has 2 atom stereocenters. The molecule has 0 spiro atoms. The van der Waals surface area contributed by atoms with Crippen molar-refractivity contribution < 1.29 is 24.2 Å². The summed E-state index contributed by atoms with van der Waals surface area (Å²) in [5, 5.41) is 15.0. The number of hydrogen-bond donors (Lipinski definition) is 3. The van der Waals surface area contributed by atoms with Gasteiger partial charge in [0.15, 0.2) is 0 Å². The first-order chi connectivity index (χ1) is 16.2. The number of carbonyl (C=O) groups excluding carboxylic acids is 2. The van der Waals surface area contributed by atoms with Crippen LogP contribution in [-0.4, -0.2) is 41.3 Å². The number of ether oxygens (including phenoxy) is 1. The minimum atomic E-state index is -0.861. The van der Waals surface area contributed by atoms with Crippen LogP contribution in [0.15, 0.2) is 48.5 Å². The predicted octanol–water partition coefficient (Wildman–Crippen LogP) is 4.45. The van der Waals surface area contributed by atoms with Crippen LogP contribution >= 0.6 is 0 Å². The quantitative estimate of drug-likeness (QED) is 0.535. The molecule has 4 rings (SSSR count). The number of aliphatic carboxylic acids is 1. The number of amides is 2. The molecule has 0 aliphatic heterocycles. The largest absolute Gasteiger partial charge is 0.481 e. The molecule has 0 saturated heterocycles.